The summed E-state index contributed by atoms with van der Waals surface area (Å²) < 4.78 is 29.5. The van der Waals surface area contributed by atoms with E-state index in [1.807, 2.05) is 42.2 Å². The Morgan fingerprint density at radius 1 is 1.00 bits per heavy atom. The largest absolute Gasteiger partial charge is 0.392 e. The molecule has 0 unspecified atom stereocenters. The van der Waals surface area contributed by atoms with Crippen LogP contribution < -0.4 is 4.72 Å². The van der Waals surface area contributed by atoms with Gasteiger partial charge in [-0.25, -0.2) is 13.1 Å². The minimum atomic E-state index is -3.70. The van der Waals surface area contributed by atoms with Gasteiger partial charge in [0.1, 0.15) is 0 Å². The van der Waals surface area contributed by atoms with Gasteiger partial charge in [-0.05, 0) is 82.7 Å². The fourth-order valence-corrected chi connectivity index (χ4v) is 7.48. The fraction of sp³-hybridized carbons (Fsp3) is 0.516. The Morgan fingerprint density at radius 3 is 2.33 bits per heavy atom. The molecular weight excluding hydrogens is 524 g/mol. The number of carbonyl (C=O) groups is 1. The van der Waals surface area contributed by atoms with E-state index in [9.17, 15) is 18.3 Å². The molecule has 3 N–H and O–H groups in total. The van der Waals surface area contributed by atoms with Crippen molar-refractivity contribution in [3.8, 4) is 11.3 Å². The lowest BCUT2D eigenvalue weighted by molar-refractivity contribution is -0.139. The molecular formula is C31H42N4O4S. The van der Waals surface area contributed by atoms with Crippen molar-refractivity contribution in [3.05, 3.63) is 53.6 Å². The van der Waals surface area contributed by atoms with Crippen molar-refractivity contribution in [1.82, 2.24) is 19.5 Å². The van der Waals surface area contributed by atoms with Crippen molar-refractivity contribution >= 4 is 26.8 Å². The van der Waals surface area contributed by atoms with E-state index in [0.717, 1.165) is 59.5 Å². The zero-order valence-electron chi connectivity index (χ0n) is 24.0. The maximum absolute atomic E-state index is 13.3. The molecule has 0 bridgehead atoms. The minimum absolute atomic E-state index is 0.00500. The summed E-state index contributed by atoms with van der Waals surface area (Å²) in [7, 11) is -3.70. The monoisotopic (exact) mass is 566 g/mol. The van der Waals surface area contributed by atoms with Crippen LogP contribution in [0.1, 0.15) is 57.6 Å². The van der Waals surface area contributed by atoms with E-state index in [0.29, 0.717) is 25.7 Å². The van der Waals surface area contributed by atoms with Crippen LogP contribution in [-0.2, 0) is 21.4 Å². The van der Waals surface area contributed by atoms with Crippen molar-refractivity contribution in [3.63, 3.8) is 0 Å². The molecule has 1 saturated carbocycles. The second-order valence-corrected chi connectivity index (χ2v) is 14.1. The summed E-state index contributed by atoms with van der Waals surface area (Å²) in [5.74, 6) is 0.203. The summed E-state index contributed by atoms with van der Waals surface area (Å²) in [5.41, 5.74) is 4.68. The summed E-state index contributed by atoms with van der Waals surface area (Å²) in [6, 6.07) is 12.8. The molecule has 1 aromatic heterocycles. The zero-order chi connectivity index (χ0) is 28.7. The van der Waals surface area contributed by atoms with E-state index in [1.165, 1.54) is 0 Å². The number of sulfonamides is 1. The summed E-state index contributed by atoms with van der Waals surface area (Å²) in [4.78, 5) is 21.2. The predicted molar refractivity (Wildman–Crippen MR) is 158 cm³/mol. The molecule has 40 heavy (non-hydrogen) atoms. The number of carbonyl (C=O) groups excluding carboxylic acids is 1. The maximum Gasteiger partial charge on any atom is 0.240 e. The smallest absolute Gasteiger partial charge is 0.240 e. The number of nitrogens with zero attached hydrogens (tertiary/aromatic N) is 2. The third-order valence-electron chi connectivity index (χ3n) is 8.61. The molecule has 2 fully saturated rings. The number of piperazine rings is 1. The van der Waals surface area contributed by atoms with Gasteiger partial charge in [0.05, 0.1) is 11.5 Å². The number of aromatic nitrogens is 1. The van der Waals surface area contributed by atoms with Crippen molar-refractivity contribution < 1.29 is 18.3 Å². The second-order valence-electron chi connectivity index (χ2n) is 12.4. The van der Waals surface area contributed by atoms with E-state index in [2.05, 4.69) is 35.4 Å². The highest BCUT2D eigenvalue weighted by molar-refractivity contribution is 7.89. The summed E-state index contributed by atoms with van der Waals surface area (Å²) >= 11 is 0. The molecule has 1 saturated heterocycles. The number of hydrogen-bond donors (Lipinski definition) is 3. The van der Waals surface area contributed by atoms with E-state index >= 15 is 0 Å². The Labute approximate surface area is 237 Å². The number of fused-ring (bicyclic) bond motifs is 1. The van der Waals surface area contributed by atoms with Gasteiger partial charge in [-0.3, -0.25) is 9.69 Å². The number of H-pyrrole nitrogens is 1. The first-order valence-corrected chi connectivity index (χ1v) is 15.8. The molecule has 1 aliphatic carbocycles. The topological polar surface area (TPSA) is 106 Å². The highest BCUT2D eigenvalue weighted by Crippen LogP contribution is 2.31. The number of aromatic amines is 1. The first-order chi connectivity index (χ1) is 18.9. The predicted octanol–water partition coefficient (Wildman–Crippen LogP) is 4.42. The highest BCUT2D eigenvalue weighted by atomic mass is 32.2. The molecule has 0 atom stereocenters. The zero-order valence-corrected chi connectivity index (χ0v) is 24.9. The average molecular weight is 567 g/mol. The first kappa shape index (κ1) is 28.8. The summed E-state index contributed by atoms with van der Waals surface area (Å²) in [5, 5.41) is 10.3. The summed E-state index contributed by atoms with van der Waals surface area (Å²) in [6.07, 6.45) is 2.74. The van der Waals surface area contributed by atoms with E-state index < -0.39 is 10.0 Å². The standard InChI is InChI=1S/C31H42N4O4S/c1-21-17-22(20-36)5-12-27(21)29-18-24-8-11-26(19-28(24)32-29)40(38,39)33-25-9-6-23(7-10-25)30(37)34-13-15-35(16-14-34)31(2,3)4/h5,8,11-12,17-19,23,25,32-33,36H,6-7,9-10,13-16,20H2,1-4H3. The SMILES string of the molecule is Cc1cc(CO)ccc1-c1cc2ccc(S(=O)(=O)NC3CCC(C(=O)N4CCN(C(C)(C)C)CC4)CC3)cc2[nH]1. The third kappa shape index (κ3) is 6.12. The number of benzene rings is 2. The van der Waals surface area contributed by atoms with Gasteiger partial charge in [-0.2, -0.15) is 0 Å². The van der Waals surface area contributed by atoms with Crippen molar-refractivity contribution in [2.24, 2.45) is 5.92 Å². The average Bonchev–Trinajstić information content (AvgIpc) is 3.35. The molecule has 216 valence electrons. The molecule has 2 aromatic carbocycles. The number of amides is 1. The van der Waals surface area contributed by atoms with Gasteiger partial charge in [-0.1, -0.05) is 24.3 Å². The van der Waals surface area contributed by atoms with Crippen LogP contribution in [0.5, 0.6) is 0 Å². The molecule has 2 heterocycles. The van der Waals surface area contributed by atoms with E-state index in [4.69, 9.17) is 0 Å². The van der Waals surface area contributed by atoms with Crippen molar-refractivity contribution in [2.45, 2.75) is 76.5 Å². The lowest BCUT2D eigenvalue weighted by atomic mass is 9.85. The number of aryl methyl sites for hydroxylation is 1. The molecule has 0 spiro atoms. The maximum atomic E-state index is 13.3. The number of nitrogens with one attached hydrogen (secondary N) is 2. The van der Waals surface area contributed by atoms with Crippen molar-refractivity contribution in [2.75, 3.05) is 26.2 Å². The van der Waals surface area contributed by atoms with Gasteiger partial charge >= 0.3 is 0 Å². The Morgan fingerprint density at radius 2 is 1.70 bits per heavy atom. The van der Waals surface area contributed by atoms with Gasteiger partial charge in [0, 0.05) is 65.8 Å². The van der Waals surface area contributed by atoms with Crippen LogP contribution in [0.15, 0.2) is 47.4 Å². The van der Waals surface area contributed by atoms with Crippen LogP contribution in [-0.4, -0.2) is 72.0 Å². The lowest BCUT2D eigenvalue weighted by Crippen LogP contribution is -2.55. The Kier molecular flexibility index (Phi) is 8.12. The third-order valence-corrected chi connectivity index (χ3v) is 10.1. The first-order valence-electron chi connectivity index (χ1n) is 14.3. The van der Waals surface area contributed by atoms with Crippen LogP contribution >= 0.6 is 0 Å². The van der Waals surface area contributed by atoms with E-state index in [1.54, 1.807) is 12.1 Å². The number of aliphatic hydroxyl groups is 1. The molecule has 5 rings (SSSR count). The molecule has 8 nitrogen and oxygen atoms in total. The van der Waals surface area contributed by atoms with Crippen LogP contribution in [0.3, 0.4) is 0 Å². The molecule has 1 aliphatic heterocycles. The van der Waals surface area contributed by atoms with Crippen LogP contribution in [0.4, 0.5) is 0 Å². The van der Waals surface area contributed by atoms with Gasteiger partial charge in [0.15, 0.2) is 0 Å². The lowest BCUT2D eigenvalue weighted by Gasteiger charge is -2.43. The molecule has 3 aromatic rings. The number of aliphatic hydroxyl groups excluding tert-OH is 1. The molecule has 9 heteroatoms. The number of hydrogen-bond acceptors (Lipinski definition) is 5. The second kappa shape index (κ2) is 11.3. The molecule has 0 radical (unpaired) electrons. The normalized spacial score (nSPS) is 21.2. The fourth-order valence-electron chi connectivity index (χ4n) is 6.15. The van der Waals surface area contributed by atoms with Crippen LogP contribution in [0.25, 0.3) is 22.2 Å². The minimum Gasteiger partial charge on any atom is -0.392 e. The Bertz CT molecular complexity index is 1470. The van der Waals surface area contributed by atoms with Gasteiger partial charge in [0.25, 0.3) is 0 Å². The van der Waals surface area contributed by atoms with Crippen LogP contribution in [0, 0.1) is 12.8 Å². The molecule has 1 amide bonds. The summed E-state index contributed by atoms with van der Waals surface area (Å²) in [6.45, 7) is 11.9. The van der Waals surface area contributed by atoms with Gasteiger partial charge in [0.2, 0.25) is 15.9 Å². The van der Waals surface area contributed by atoms with Gasteiger partial charge in [-0.15, -0.1) is 0 Å². The Hall–Kier alpha value is -2.72. The Balaban J connectivity index is 1.20. The van der Waals surface area contributed by atoms with Gasteiger partial charge < -0.3 is 15.0 Å². The number of rotatable bonds is 6. The quantitative estimate of drug-likeness (QED) is 0.410. The van der Waals surface area contributed by atoms with Crippen LogP contribution in [0.2, 0.25) is 0 Å². The van der Waals surface area contributed by atoms with E-state index in [-0.39, 0.29) is 34.9 Å². The highest BCUT2D eigenvalue weighted by Gasteiger charge is 2.34. The van der Waals surface area contributed by atoms with Crippen molar-refractivity contribution in [1.29, 1.82) is 0 Å². The molecule has 2 aliphatic rings.